The van der Waals surface area contributed by atoms with Crippen LogP contribution in [0, 0.1) is 0 Å². The molecule has 2 aromatic rings. The molecule has 4 rings (SSSR count). The predicted octanol–water partition coefficient (Wildman–Crippen LogP) is 3.05. The van der Waals surface area contributed by atoms with Gasteiger partial charge in [-0.05, 0) is 61.9 Å². The standard InChI is InChI=1S/C23H29N3O5S/c1-25(15-18-6-11-21-22(14-18)31-17-30-21)16-23(27)24-19-7-9-20(10-8-19)32(28,29)26-12-4-2-3-5-13-26/h6-11,14H,2-5,12-13,15-17H2,1H3,(H,24,27). The van der Waals surface area contributed by atoms with Crippen molar-refractivity contribution < 1.29 is 22.7 Å². The van der Waals surface area contributed by atoms with Gasteiger partial charge >= 0.3 is 0 Å². The van der Waals surface area contributed by atoms with Crippen molar-refractivity contribution in [3.63, 3.8) is 0 Å². The van der Waals surface area contributed by atoms with Crippen molar-refractivity contribution in [2.45, 2.75) is 37.1 Å². The highest BCUT2D eigenvalue weighted by Crippen LogP contribution is 2.32. The molecule has 2 aromatic carbocycles. The van der Waals surface area contributed by atoms with E-state index in [0.29, 0.717) is 25.3 Å². The monoisotopic (exact) mass is 459 g/mol. The van der Waals surface area contributed by atoms with Crippen molar-refractivity contribution in [1.82, 2.24) is 9.21 Å². The molecule has 2 aliphatic heterocycles. The van der Waals surface area contributed by atoms with Gasteiger partial charge in [-0.15, -0.1) is 0 Å². The summed E-state index contributed by atoms with van der Waals surface area (Å²) in [5.41, 5.74) is 1.59. The molecule has 0 aliphatic carbocycles. The molecule has 9 heteroatoms. The van der Waals surface area contributed by atoms with E-state index in [1.807, 2.05) is 30.1 Å². The number of hydrogen-bond acceptors (Lipinski definition) is 6. The number of hydrogen-bond donors (Lipinski definition) is 1. The van der Waals surface area contributed by atoms with Gasteiger partial charge in [-0.2, -0.15) is 4.31 Å². The Morgan fingerprint density at radius 2 is 1.69 bits per heavy atom. The van der Waals surface area contributed by atoms with Crippen LogP contribution in [0.3, 0.4) is 0 Å². The number of carbonyl (C=O) groups excluding carboxylic acids is 1. The first-order valence-electron chi connectivity index (χ1n) is 10.9. The van der Waals surface area contributed by atoms with Crippen LogP contribution >= 0.6 is 0 Å². The fourth-order valence-corrected chi connectivity index (χ4v) is 5.51. The lowest BCUT2D eigenvalue weighted by atomic mass is 10.2. The number of carbonyl (C=O) groups is 1. The smallest absolute Gasteiger partial charge is 0.243 e. The molecule has 172 valence electrons. The third-order valence-corrected chi connectivity index (χ3v) is 7.56. The zero-order valence-corrected chi connectivity index (χ0v) is 19.1. The minimum absolute atomic E-state index is 0.170. The summed E-state index contributed by atoms with van der Waals surface area (Å²) in [5, 5.41) is 2.83. The van der Waals surface area contributed by atoms with Crippen molar-refractivity contribution in [2.75, 3.05) is 38.8 Å². The predicted molar refractivity (Wildman–Crippen MR) is 121 cm³/mol. The molecular formula is C23H29N3O5S. The number of rotatable bonds is 7. The number of anilines is 1. The minimum Gasteiger partial charge on any atom is -0.454 e. The van der Waals surface area contributed by atoms with Crippen LogP contribution in [0.1, 0.15) is 31.2 Å². The van der Waals surface area contributed by atoms with Gasteiger partial charge in [-0.1, -0.05) is 18.9 Å². The zero-order valence-electron chi connectivity index (χ0n) is 18.2. The average molecular weight is 460 g/mol. The van der Waals surface area contributed by atoms with E-state index in [9.17, 15) is 13.2 Å². The Kier molecular flexibility index (Phi) is 6.98. The highest BCUT2D eigenvalue weighted by Gasteiger charge is 2.25. The minimum atomic E-state index is -3.50. The average Bonchev–Trinajstić information content (AvgIpc) is 3.04. The number of sulfonamides is 1. The maximum Gasteiger partial charge on any atom is 0.243 e. The normalized spacial score (nSPS) is 16.7. The van der Waals surface area contributed by atoms with Crippen molar-refractivity contribution in [2.24, 2.45) is 0 Å². The molecule has 32 heavy (non-hydrogen) atoms. The number of benzene rings is 2. The largest absolute Gasteiger partial charge is 0.454 e. The Bertz CT molecular complexity index is 1050. The van der Waals surface area contributed by atoms with Crippen LogP contribution in [0.25, 0.3) is 0 Å². The third-order valence-electron chi connectivity index (χ3n) is 5.64. The highest BCUT2D eigenvalue weighted by atomic mass is 32.2. The first-order chi connectivity index (χ1) is 15.4. The summed E-state index contributed by atoms with van der Waals surface area (Å²) < 4.78 is 38.0. The molecule has 0 spiro atoms. The van der Waals surface area contributed by atoms with Crippen molar-refractivity contribution in [3.8, 4) is 11.5 Å². The number of amides is 1. The molecule has 0 radical (unpaired) electrons. The Balaban J connectivity index is 1.31. The summed E-state index contributed by atoms with van der Waals surface area (Å²) in [6.07, 6.45) is 3.93. The number of fused-ring (bicyclic) bond motifs is 1. The van der Waals surface area contributed by atoms with Gasteiger partial charge in [0, 0.05) is 25.3 Å². The fourth-order valence-electron chi connectivity index (χ4n) is 3.99. The third kappa shape index (κ3) is 5.40. The second-order valence-corrected chi connectivity index (χ2v) is 10.2. The van der Waals surface area contributed by atoms with Crippen LogP contribution in [0.4, 0.5) is 5.69 Å². The lowest BCUT2D eigenvalue weighted by Gasteiger charge is -2.20. The second-order valence-electron chi connectivity index (χ2n) is 8.25. The Morgan fingerprint density at radius 1 is 1.00 bits per heavy atom. The van der Waals surface area contributed by atoms with Crippen LogP contribution in [-0.2, 0) is 21.4 Å². The van der Waals surface area contributed by atoms with Gasteiger partial charge < -0.3 is 14.8 Å². The molecule has 0 unspecified atom stereocenters. The van der Waals surface area contributed by atoms with Crippen molar-refractivity contribution in [3.05, 3.63) is 48.0 Å². The van der Waals surface area contributed by atoms with Gasteiger partial charge in [0.1, 0.15) is 0 Å². The summed E-state index contributed by atoms with van der Waals surface area (Å²) in [7, 11) is -1.63. The maximum atomic E-state index is 12.9. The summed E-state index contributed by atoms with van der Waals surface area (Å²) in [4.78, 5) is 14.6. The van der Waals surface area contributed by atoms with E-state index in [0.717, 1.165) is 42.7 Å². The molecule has 0 aromatic heterocycles. The van der Waals surface area contributed by atoms with Crippen LogP contribution < -0.4 is 14.8 Å². The second kappa shape index (κ2) is 9.89. The van der Waals surface area contributed by atoms with Gasteiger partial charge in [0.15, 0.2) is 11.5 Å². The summed E-state index contributed by atoms with van der Waals surface area (Å²) in [6, 6.07) is 12.1. The molecule has 2 heterocycles. The molecule has 0 atom stereocenters. The van der Waals surface area contributed by atoms with Crippen LogP contribution in [0.15, 0.2) is 47.4 Å². The topological polar surface area (TPSA) is 88.2 Å². The van der Waals surface area contributed by atoms with Crippen LogP contribution in [0.2, 0.25) is 0 Å². The molecule has 1 saturated heterocycles. The van der Waals surface area contributed by atoms with Crippen LogP contribution in [0.5, 0.6) is 11.5 Å². The van der Waals surface area contributed by atoms with E-state index in [1.165, 1.54) is 0 Å². The quantitative estimate of drug-likeness (QED) is 0.685. The Hall–Kier alpha value is -2.62. The Labute approximate surface area is 189 Å². The zero-order chi connectivity index (χ0) is 22.6. The lowest BCUT2D eigenvalue weighted by Crippen LogP contribution is -2.32. The van der Waals surface area contributed by atoms with Crippen LogP contribution in [-0.4, -0.2) is 57.0 Å². The van der Waals surface area contributed by atoms with Gasteiger partial charge in [-0.25, -0.2) is 8.42 Å². The van der Waals surface area contributed by atoms with E-state index in [-0.39, 0.29) is 24.1 Å². The number of nitrogens with one attached hydrogen (secondary N) is 1. The maximum absolute atomic E-state index is 12.9. The summed E-state index contributed by atoms with van der Waals surface area (Å²) >= 11 is 0. The van der Waals surface area contributed by atoms with E-state index in [2.05, 4.69) is 5.32 Å². The van der Waals surface area contributed by atoms with Crippen molar-refractivity contribution >= 4 is 21.6 Å². The number of nitrogens with zero attached hydrogens (tertiary/aromatic N) is 2. The molecule has 0 saturated carbocycles. The molecule has 0 bridgehead atoms. The fraction of sp³-hybridized carbons (Fsp3) is 0.435. The van der Waals surface area contributed by atoms with Gasteiger partial charge in [0.2, 0.25) is 22.7 Å². The van der Waals surface area contributed by atoms with Gasteiger partial charge in [0.25, 0.3) is 0 Å². The number of likely N-dealkylation sites (N-methyl/N-ethyl adjacent to an activating group) is 1. The molecule has 1 amide bonds. The van der Waals surface area contributed by atoms with E-state index >= 15 is 0 Å². The van der Waals surface area contributed by atoms with E-state index in [1.54, 1.807) is 28.6 Å². The first kappa shape index (κ1) is 22.6. The molecule has 1 N–H and O–H groups in total. The molecule has 8 nitrogen and oxygen atoms in total. The molecule has 2 aliphatic rings. The van der Waals surface area contributed by atoms with E-state index in [4.69, 9.17) is 9.47 Å². The molecular weight excluding hydrogens is 430 g/mol. The van der Waals surface area contributed by atoms with E-state index < -0.39 is 10.0 Å². The molecule has 1 fully saturated rings. The summed E-state index contributed by atoms with van der Waals surface area (Å²) in [5.74, 6) is 1.28. The summed E-state index contributed by atoms with van der Waals surface area (Å²) in [6.45, 7) is 2.14. The first-order valence-corrected chi connectivity index (χ1v) is 12.3. The van der Waals surface area contributed by atoms with Gasteiger partial charge in [-0.3, -0.25) is 9.69 Å². The van der Waals surface area contributed by atoms with Gasteiger partial charge in [0.05, 0.1) is 11.4 Å². The lowest BCUT2D eigenvalue weighted by molar-refractivity contribution is -0.117. The van der Waals surface area contributed by atoms with Crippen molar-refractivity contribution in [1.29, 1.82) is 0 Å². The number of ether oxygens (including phenoxy) is 2. The highest BCUT2D eigenvalue weighted by molar-refractivity contribution is 7.89. The SMILES string of the molecule is CN(CC(=O)Nc1ccc(S(=O)(=O)N2CCCCCC2)cc1)Cc1ccc2c(c1)OCO2. The Morgan fingerprint density at radius 3 is 2.41 bits per heavy atom.